The van der Waals surface area contributed by atoms with Crippen LogP contribution in [0.15, 0.2) is 54.6 Å². The average molecular weight is 463 g/mol. The molecule has 2 aromatic rings. The molecule has 30 heavy (non-hydrogen) atoms. The molecule has 1 fully saturated rings. The Morgan fingerprint density at radius 2 is 1.87 bits per heavy atom. The SMILES string of the molecule is C[C@H](CO[C@H]1O[C@H](CO)[C@@H](O)[C@H](O)[C@@H]1O)C(=O)NCc1ccc[cH-]1.[Fe+2].c1cc[cH-]c1. The van der Waals surface area contributed by atoms with Gasteiger partial charge in [0.05, 0.1) is 19.1 Å². The summed E-state index contributed by atoms with van der Waals surface area (Å²) >= 11 is 0. The van der Waals surface area contributed by atoms with Crippen LogP contribution in [-0.4, -0.2) is 70.3 Å². The molecule has 0 saturated carbocycles. The van der Waals surface area contributed by atoms with E-state index >= 15 is 0 Å². The molecule has 1 heterocycles. The van der Waals surface area contributed by atoms with Crippen molar-refractivity contribution in [1.29, 1.82) is 0 Å². The molecule has 0 bridgehead atoms. The predicted octanol–water partition coefficient (Wildman–Crippen LogP) is -0.123. The van der Waals surface area contributed by atoms with E-state index in [1.54, 1.807) is 6.92 Å². The fourth-order valence-corrected chi connectivity index (χ4v) is 2.74. The summed E-state index contributed by atoms with van der Waals surface area (Å²) in [6.45, 7) is 1.50. The van der Waals surface area contributed by atoms with Gasteiger partial charge in [-0.25, -0.2) is 24.3 Å². The van der Waals surface area contributed by atoms with Gasteiger partial charge in [0.25, 0.3) is 0 Å². The summed E-state index contributed by atoms with van der Waals surface area (Å²) in [5.41, 5.74) is 0.991. The summed E-state index contributed by atoms with van der Waals surface area (Å²) < 4.78 is 10.6. The molecule has 2 aromatic carbocycles. The zero-order valence-electron chi connectivity index (χ0n) is 16.6. The number of nitrogens with one attached hydrogen (secondary N) is 1. The standard InChI is InChI=1S/C16H24NO7.C5H5.Fe/c1-9(15(22)17-6-10-4-2-3-5-10)8-23-16-14(21)13(20)12(19)11(7-18)24-16;1-2-4-5-3-1;/h2-5,9,11-14,16,18-21H,6-8H2,1H3,(H,17,22);1-5H;/q2*-1;+2/t9-,11-,12-,13+,14+,16+;;/m1../s1. The van der Waals surface area contributed by atoms with Crippen molar-refractivity contribution in [1.82, 2.24) is 5.32 Å². The van der Waals surface area contributed by atoms with Gasteiger partial charge in [0, 0.05) is 6.54 Å². The minimum absolute atomic E-state index is 0. The number of rotatable bonds is 7. The van der Waals surface area contributed by atoms with Crippen LogP contribution in [-0.2, 0) is 37.9 Å². The van der Waals surface area contributed by atoms with Crippen molar-refractivity contribution in [2.45, 2.75) is 44.2 Å². The Bertz CT molecular complexity index is 660. The number of ether oxygens (including phenoxy) is 2. The minimum atomic E-state index is -1.50. The van der Waals surface area contributed by atoms with Crippen LogP contribution in [0.5, 0.6) is 0 Å². The smallest absolute Gasteiger partial charge is 0.394 e. The molecule has 1 aliphatic heterocycles. The molecule has 8 nitrogen and oxygen atoms in total. The Hall–Kier alpha value is -1.55. The third-order valence-electron chi connectivity index (χ3n) is 4.56. The Kier molecular flexibility index (Phi) is 12.1. The number of carbonyl (C=O) groups is 1. The molecule has 0 aliphatic carbocycles. The summed E-state index contributed by atoms with van der Waals surface area (Å²) in [5, 5.41) is 41.1. The maximum absolute atomic E-state index is 12.0. The molecule has 0 unspecified atom stereocenters. The van der Waals surface area contributed by atoms with Crippen molar-refractivity contribution in [3.63, 3.8) is 0 Å². The Labute approximate surface area is 186 Å². The normalized spacial score (nSPS) is 26.6. The molecule has 9 heteroatoms. The Morgan fingerprint density at radius 3 is 2.40 bits per heavy atom. The molecule has 0 radical (unpaired) electrons. The van der Waals surface area contributed by atoms with Crippen molar-refractivity contribution in [2.75, 3.05) is 13.2 Å². The van der Waals surface area contributed by atoms with Gasteiger partial charge in [-0.05, 0) is 0 Å². The van der Waals surface area contributed by atoms with E-state index in [4.69, 9.17) is 14.6 Å². The third-order valence-corrected chi connectivity index (χ3v) is 4.56. The fourth-order valence-electron chi connectivity index (χ4n) is 2.74. The van der Waals surface area contributed by atoms with Gasteiger partial charge < -0.3 is 35.2 Å². The maximum atomic E-state index is 12.0. The van der Waals surface area contributed by atoms with Gasteiger partial charge in [-0.15, -0.1) is 5.56 Å². The van der Waals surface area contributed by atoms with Crippen molar-refractivity contribution < 1.29 is 51.8 Å². The summed E-state index contributed by atoms with van der Waals surface area (Å²) in [4.78, 5) is 12.0. The van der Waals surface area contributed by atoms with Crippen LogP contribution in [0.1, 0.15) is 12.5 Å². The summed E-state index contributed by atoms with van der Waals surface area (Å²) in [6.07, 6.45) is -6.67. The fraction of sp³-hybridized carbons (Fsp3) is 0.476. The van der Waals surface area contributed by atoms with Crippen LogP contribution >= 0.6 is 0 Å². The molecule has 1 saturated heterocycles. The monoisotopic (exact) mass is 463 g/mol. The second-order valence-electron chi connectivity index (χ2n) is 6.90. The summed E-state index contributed by atoms with van der Waals surface area (Å²) in [5.74, 6) is -0.729. The van der Waals surface area contributed by atoms with Crippen LogP contribution < -0.4 is 5.32 Å². The summed E-state index contributed by atoms with van der Waals surface area (Å²) in [6, 6.07) is 17.6. The molecule has 1 amide bonds. The van der Waals surface area contributed by atoms with E-state index in [0.717, 1.165) is 5.56 Å². The van der Waals surface area contributed by atoms with E-state index in [0.29, 0.717) is 6.54 Å². The first-order chi connectivity index (χ1) is 13.9. The number of hydrogen-bond donors (Lipinski definition) is 5. The number of hydrogen-bond acceptors (Lipinski definition) is 7. The zero-order chi connectivity index (χ0) is 21.2. The van der Waals surface area contributed by atoms with E-state index in [-0.39, 0.29) is 29.6 Å². The molecule has 0 spiro atoms. The van der Waals surface area contributed by atoms with Crippen molar-refractivity contribution in [3.8, 4) is 0 Å². The largest absolute Gasteiger partial charge is 2.00 e. The Balaban J connectivity index is 0.000000655. The second-order valence-corrected chi connectivity index (χ2v) is 6.90. The van der Waals surface area contributed by atoms with Gasteiger partial charge in [-0.1, -0.05) is 6.92 Å². The zero-order valence-corrected chi connectivity index (χ0v) is 17.8. The van der Waals surface area contributed by atoms with Gasteiger partial charge in [0.15, 0.2) is 6.29 Å². The third kappa shape index (κ3) is 7.94. The predicted molar refractivity (Wildman–Crippen MR) is 105 cm³/mol. The van der Waals surface area contributed by atoms with Crippen molar-refractivity contribution >= 4 is 5.91 Å². The molecule has 5 N–H and O–H groups in total. The van der Waals surface area contributed by atoms with Crippen LogP contribution in [0.3, 0.4) is 0 Å². The molecular weight excluding hydrogens is 434 g/mol. The van der Waals surface area contributed by atoms with Crippen molar-refractivity contribution in [3.05, 3.63) is 60.2 Å². The first kappa shape index (κ1) is 26.5. The van der Waals surface area contributed by atoms with Gasteiger partial charge in [0.1, 0.15) is 24.4 Å². The first-order valence-electron chi connectivity index (χ1n) is 9.51. The van der Waals surface area contributed by atoms with Gasteiger partial charge in [-0.3, -0.25) is 4.79 Å². The van der Waals surface area contributed by atoms with Crippen molar-refractivity contribution in [2.24, 2.45) is 5.92 Å². The second kappa shape index (κ2) is 13.7. The van der Waals surface area contributed by atoms with E-state index in [1.165, 1.54) is 0 Å². The minimum Gasteiger partial charge on any atom is -0.394 e. The molecule has 0 aromatic heterocycles. The quantitative estimate of drug-likeness (QED) is 0.286. The topological polar surface area (TPSA) is 128 Å². The van der Waals surface area contributed by atoms with E-state index < -0.39 is 43.2 Å². The number of aliphatic hydroxyl groups is 4. The number of carbonyl (C=O) groups excluding carboxylic acids is 1. The van der Waals surface area contributed by atoms with Gasteiger partial charge >= 0.3 is 17.1 Å². The van der Waals surface area contributed by atoms with Gasteiger partial charge in [-0.2, -0.15) is 30.3 Å². The first-order valence-corrected chi connectivity index (χ1v) is 9.51. The Morgan fingerprint density at radius 1 is 1.17 bits per heavy atom. The van der Waals surface area contributed by atoms with Crippen LogP contribution in [0.4, 0.5) is 0 Å². The van der Waals surface area contributed by atoms with E-state index in [1.807, 2.05) is 54.6 Å². The molecule has 3 rings (SSSR count). The maximum Gasteiger partial charge on any atom is 2.00 e. The molecule has 6 atom stereocenters. The molecule has 168 valence electrons. The molecule has 1 aliphatic rings. The van der Waals surface area contributed by atoms with Crippen LogP contribution in [0.25, 0.3) is 0 Å². The van der Waals surface area contributed by atoms with Gasteiger partial charge in [0.2, 0.25) is 5.91 Å². The van der Waals surface area contributed by atoms with Crippen LogP contribution in [0.2, 0.25) is 0 Å². The summed E-state index contributed by atoms with van der Waals surface area (Å²) in [7, 11) is 0. The van der Waals surface area contributed by atoms with E-state index in [9.17, 15) is 20.1 Å². The van der Waals surface area contributed by atoms with E-state index in [2.05, 4.69) is 5.32 Å². The number of amides is 1. The molecular formula is C21H29FeNO7. The number of aliphatic hydroxyl groups excluding tert-OH is 4. The average Bonchev–Trinajstić information content (AvgIpc) is 3.46. The van der Waals surface area contributed by atoms with Crippen LogP contribution in [0, 0.1) is 5.92 Å².